The van der Waals surface area contributed by atoms with E-state index in [4.69, 9.17) is 16.3 Å². The van der Waals surface area contributed by atoms with Crippen LogP contribution in [0.15, 0.2) is 27.6 Å². The van der Waals surface area contributed by atoms with Gasteiger partial charge in [0.2, 0.25) is 10.0 Å². The Hall–Kier alpha value is -0.630. The zero-order valence-corrected chi connectivity index (χ0v) is 14.5. The van der Waals surface area contributed by atoms with Crippen LogP contribution in [0.4, 0.5) is 0 Å². The molecule has 1 fully saturated rings. The van der Waals surface area contributed by atoms with Crippen LogP contribution in [0.1, 0.15) is 19.3 Å². The molecule has 1 unspecified atom stereocenters. The first-order chi connectivity index (χ1) is 9.87. The SMILES string of the molecule is COC(=O)C1CCCCN1S(=O)(=O)c1ccc(Br)cc1Cl. The Labute approximate surface area is 137 Å². The van der Waals surface area contributed by atoms with Gasteiger partial charge in [0.25, 0.3) is 0 Å². The van der Waals surface area contributed by atoms with Crippen molar-refractivity contribution in [3.05, 3.63) is 27.7 Å². The highest BCUT2D eigenvalue weighted by atomic mass is 79.9. The van der Waals surface area contributed by atoms with Gasteiger partial charge >= 0.3 is 5.97 Å². The number of halogens is 2. The lowest BCUT2D eigenvalue weighted by molar-refractivity contribution is -0.146. The number of carbonyl (C=O) groups is 1. The minimum Gasteiger partial charge on any atom is -0.468 e. The summed E-state index contributed by atoms with van der Waals surface area (Å²) in [6.45, 7) is 0.286. The number of piperidine rings is 1. The molecule has 0 spiro atoms. The van der Waals surface area contributed by atoms with Crippen LogP contribution in [0.2, 0.25) is 5.02 Å². The summed E-state index contributed by atoms with van der Waals surface area (Å²) in [6, 6.07) is 3.78. The zero-order valence-electron chi connectivity index (χ0n) is 11.4. The molecule has 1 heterocycles. The van der Waals surface area contributed by atoms with Gasteiger partial charge in [-0.1, -0.05) is 27.5 Å². The summed E-state index contributed by atoms with van der Waals surface area (Å²) in [5.74, 6) is -0.536. The quantitative estimate of drug-likeness (QED) is 0.737. The molecule has 1 aromatic carbocycles. The molecule has 0 N–H and O–H groups in total. The maximum atomic E-state index is 12.8. The van der Waals surface area contributed by atoms with E-state index in [0.717, 1.165) is 6.42 Å². The molecule has 1 saturated heterocycles. The highest BCUT2D eigenvalue weighted by molar-refractivity contribution is 9.10. The summed E-state index contributed by atoms with van der Waals surface area (Å²) in [6.07, 6.45) is 1.96. The molecule has 1 aliphatic rings. The Kier molecular flexibility index (Phi) is 5.29. The normalized spacial score (nSPS) is 20.2. The summed E-state index contributed by atoms with van der Waals surface area (Å²) < 4.78 is 32.1. The molecule has 1 aliphatic heterocycles. The molecule has 0 aliphatic carbocycles. The van der Waals surface area contributed by atoms with Gasteiger partial charge in [0.15, 0.2) is 0 Å². The van der Waals surface area contributed by atoms with Crippen molar-refractivity contribution in [2.24, 2.45) is 0 Å². The molecule has 0 bridgehead atoms. The van der Waals surface area contributed by atoms with Crippen LogP contribution in [-0.2, 0) is 19.6 Å². The van der Waals surface area contributed by atoms with Crippen LogP contribution in [0.25, 0.3) is 0 Å². The predicted octanol–water partition coefficient (Wildman–Crippen LogP) is 2.82. The van der Waals surface area contributed by atoms with E-state index >= 15 is 0 Å². The van der Waals surface area contributed by atoms with Crippen molar-refractivity contribution in [3.8, 4) is 0 Å². The average molecular weight is 397 g/mol. The van der Waals surface area contributed by atoms with Gasteiger partial charge in [-0.25, -0.2) is 8.42 Å². The largest absolute Gasteiger partial charge is 0.468 e. The van der Waals surface area contributed by atoms with E-state index in [0.29, 0.717) is 17.3 Å². The van der Waals surface area contributed by atoms with Crippen LogP contribution < -0.4 is 0 Å². The van der Waals surface area contributed by atoms with Crippen LogP contribution in [0.3, 0.4) is 0 Å². The zero-order chi connectivity index (χ0) is 15.6. The van der Waals surface area contributed by atoms with E-state index in [1.807, 2.05) is 0 Å². The number of carbonyl (C=O) groups excluding carboxylic acids is 1. The van der Waals surface area contributed by atoms with E-state index in [-0.39, 0.29) is 16.5 Å². The van der Waals surface area contributed by atoms with Gasteiger partial charge in [0, 0.05) is 11.0 Å². The predicted molar refractivity (Wildman–Crippen MR) is 82.7 cm³/mol. The Morgan fingerprint density at radius 2 is 2.14 bits per heavy atom. The highest BCUT2D eigenvalue weighted by Crippen LogP contribution is 2.31. The number of rotatable bonds is 3. The fourth-order valence-electron chi connectivity index (χ4n) is 2.38. The van der Waals surface area contributed by atoms with Gasteiger partial charge in [-0.15, -0.1) is 0 Å². The van der Waals surface area contributed by atoms with Crippen molar-refractivity contribution in [2.45, 2.75) is 30.2 Å². The lowest BCUT2D eigenvalue weighted by Gasteiger charge is -2.32. The topological polar surface area (TPSA) is 63.7 Å². The fourth-order valence-corrected chi connectivity index (χ4v) is 5.03. The van der Waals surface area contributed by atoms with Gasteiger partial charge in [-0.05, 0) is 37.5 Å². The molecule has 0 amide bonds. The first kappa shape index (κ1) is 16.7. The van der Waals surface area contributed by atoms with E-state index < -0.39 is 22.0 Å². The molecule has 0 aromatic heterocycles. The molecule has 21 heavy (non-hydrogen) atoms. The minimum absolute atomic E-state index is 0.00293. The van der Waals surface area contributed by atoms with E-state index in [1.165, 1.54) is 23.5 Å². The molecule has 1 aromatic rings. The van der Waals surface area contributed by atoms with Gasteiger partial charge in [-0.3, -0.25) is 4.79 Å². The molecule has 116 valence electrons. The standard InChI is InChI=1S/C13H15BrClNO4S/c1-20-13(17)11-4-2-3-7-16(11)21(18,19)12-6-5-9(14)8-10(12)15/h5-6,8,11H,2-4,7H2,1H3. The summed E-state index contributed by atoms with van der Waals surface area (Å²) in [5, 5.41) is 0.124. The van der Waals surface area contributed by atoms with Gasteiger partial charge in [0.05, 0.1) is 12.1 Å². The molecule has 0 saturated carbocycles. The molecule has 0 radical (unpaired) electrons. The Morgan fingerprint density at radius 1 is 1.43 bits per heavy atom. The first-order valence-electron chi connectivity index (χ1n) is 6.42. The third kappa shape index (κ3) is 3.41. The van der Waals surface area contributed by atoms with E-state index in [9.17, 15) is 13.2 Å². The van der Waals surface area contributed by atoms with Crippen LogP contribution in [0.5, 0.6) is 0 Å². The molecule has 2 rings (SSSR count). The third-order valence-corrected chi connectivity index (χ3v) is 6.29. The lowest BCUT2D eigenvalue weighted by atomic mass is 10.1. The number of nitrogens with zero attached hydrogens (tertiary/aromatic N) is 1. The van der Waals surface area contributed by atoms with Crippen molar-refractivity contribution in [1.82, 2.24) is 4.31 Å². The maximum Gasteiger partial charge on any atom is 0.324 e. The van der Waals surface area contributed by atoms with Crippen molar-refractivity contribution in [2.75, 3.05) is 13.7 Å². The summed E-state index contributed by atoms with van der Waals surface area (Å²) in [5.41, 5.74) is 0. The fraction of sp³-hybridized carbons (Fsp3) is 0.462. The second-order valence-corrected chi connectivity index (χ2v) is 7.91. The second-order valence-electron chi connectivity index (χ2n) is 4.73. The number of sulfonamides is 1. The molecular formula is C13H15BrClNO4S. The van der Waals surface area contributed by atoms with Crippen LogP contribution in [-0.4, -0.2) is 38.4 Å². The molecule has 5 nitrogen and oxygen atoms in total. The van der Waals surface area contributed by atoms with Gasteiger partial charge < -0.3 is 4.74 Å². The first-order valence-corrected chi connectivity index (χ1v) is 9.03. The number of ether oxygens (including phenoxy) is 1. The maximum absolute atomic E-state index is 12.8. The molecular weight excluding hydrogens is 382 g/mol. The second kappa shape index (κ2) is 6.64. The number of hydrogen-bond acceptors (Lipinski definition) is 4. The number of methoxy groups -OCH3 is 1. The van der Waals surface area contributed by atoms with E-state index in [2.05, 4.69) is 15.9 Å². The highest BCUT2D eigenvalue weighted by Gasteiger charge is 2.39. The summed E-state index contributed by atoms with van der Waals surface area (Å²) >= 11 is 9.28. The Morgan fingerprint density at radius 3 is 2.76 bits per heavy atom. The Balaban J connectivity index is 2.43. The smallest absolute Gasteiger partial charge is 0.324 e. The number of benzene rings is 1. The minimum atomic E-state index is -3.83. The van der Waals surface area contributed by atoms with Crippen LogP contribution >= 0.6 is 27.5 Å². The number of hydrogen-bond donors (Lipinski definition) is 0. The summed E-state index contributed by atoms with van der Waals surface area (Å²) in [7, 11) is -2.58. The van der Waals surface area contributed by atoms with Crippen molar-refractivity contribution in [1.29, 1.82) is 0 Å². The summed E-state index contributed by atoms with van der Waals surface area (Å²) in [4.78, 5) is 11.8. The molecule has 1 atom stereocenters. The molecule has 8 heteroatoms. The monoisotopic (exact) mass is 395 g/mol. The third-order valence-electron chi connectivity index (χ3n) is 3.41. The van der Waals surface area contributed by atoms with Crippen molar-refractivity contribution in [3.63, 3.8) is 0 Å². The lowest BCUT2D eigenvalue weighted by Crippen LogP contribution is -2.48. The Bertz CT molecular complexity index is 650. The average Bonchev–Trinajstić information content (AvgIpc) is 2.46. The van der Waals surface area contributed by atoms with Crippen LogP contribution in [0, 0.1) is 0 Å². The van der Waals surface area contributed by atoms with Crippen molar-refractivity contribution >= 4 is 43.5 Å². The van der Waals surface area contributed by atoms with Crippen molar-refractivity contribution < 1.29 is 17.9 Å². The number of esters is 1. The van der Waals surface area contributed by atoms with Gasteiger partial charge in [-0.2, -0.15) is 4.31 Å². The van der Waals surface area contributed by atoms with E-state index in [1.54, 1.807) is 6.07 Å². The van der Waals surface area contributed by atoms with Gasteiger partial charge in [0.1, 0.15) is 10.9 Å².